The summed E-state index contributed by atoms with van der Waals surface area (Å²) in [6.45, 7) is 8.33. The minimum absolute atomic E-state index is 0.213. The van der Waals surface area contributed by atoms with Crippen LogP contribution in [0, 0.1) is 26.7 Å². The topological polar surface area (TPSA) is 92.8 Å². The Morgan fingerprint density at radius 1 is 1.06 bits per heavy atom. The van der Waals surface area contributed by atoms with Crippen LogP contribution in [-0.2, 0) is 30.8 Å². The van der Waals surface area contributed by atoms with E-state index < -0.39 is 16.1 Å². The Kier molecular flexibility index (Phi) is 8.49. The van der Waals surface area contributed by atoms with Gasteiger partial charge in [0.05, 0.1) is 17.4 Å². The summed E-state index contributed by atoms with van der Waals surface area (Å²) in [6.07, 6.45) is 1.25. The van der Waals surface area contributed by atoms with E-state index in [9.17, 15) is 18.0 Å². The number of likely N-dealkylation sites (tertiary alicyclic amines) is 1. The Labute approximate surface area is 202 Å². The largest absolute Gasteiger partial charge is 0.466 e. The van der Waals surface area contributed by atoms with Gasteiger partial charge in [-0.05, 0) is 63.6 Å². The van der Waals surface area contributed by atoms with Crippen molar-refractivity contribution < 1.29 is 22.7 Å². The van der Waals surface area contributed by atoms with Gasteiger partial charge in [0.25, 0.3) is 0 Å². The number of hydrogen-bond donors (Lipinski definition) is 1. The number of amides is 1. The predicted molar refractivity (Wildman–Crippen MR) is 131 cm³/mol. The Hall–Kier alpha value is -2.71. The highest BCUT2D eigenvalue weighted by molar-refractivity contribution is 7.89. The number of hydrogen-bond acceptors (Lipinski definition) is 5. The van der Waals surface area contributed by atoms with Crippen LogP contribution in [0.4, 0.5) is 0 Å². The molecule has 2 aromatic carbocycles. The smallest absolute Gasteiger partial charge is 0.309 e. The number of ether oxygens (including phenoxy) is 1. The van der Waals surface area contributed by atoms with Gasteiger partial charge in [0, 0.05) is 13.1 Å². The van der Waals surface area contributed by atoms with Crippen LogP contribution in [0.15, 0.2) is 47.4 Å². The maximum atomic E-state index is 13.5. The first-order valence-corrected chi connectivity index (χ1v) is 13.2. The molecule has 7 nitrogen and oxygen atoms in total. The van der Waals surface area contributed by atoms with Gasteiger partial charge in [0.2, 0.25) is 15.9 Å². The fourth-order valence-electron chi connectivity index (χ4n) is 4.68. The lowest BCUT2D eigenvalue weighted by Gasteiger charge is -2.33. The molecule has 1 amide bonds. The van der Waals surface area contributed by atoms with Crippen molar-refractivity contribution in [1.29, 1.82) is 0 Å². The number of esters is 1. The molecule has 1 atom stereocenters. The normalized spacial score (nSPS) is 15.7. The number of piperidine rings is 1. The lowest BCUT2D eigenvalue weighted by atomic mass is 9.96. The number of sulfonamides is 1. The summed E-state index contributed by atoms with van der Waals surface area (Å²) in [4.78, 5) is 27.5. The maximum Gasteiger partial charge on any atom is 0.309 e. The van der Waals surface area contributed by atoms with E-state index in [-0.39, 0.29) is 29.1 Å². The van der Waals surface area contributed by atoms with E-state index in [1.165, 1.54) is 0 Å². The third kappa shape index (κ3) is 6.24. The summed E-state index contributed by atoms with van der Waals surface area (Å²) in [5.41, 5.74) is 3.13. The van der Waals surface area contributed by atoms with Gasteiger partial charge in [-0.25, -0.2) is 8.42 Å². The lowest BCUT2D eigenvalue weighted by molar-refractivity contribution is -0.151. The standard InChI is InChI=1S/C26H34N2O5S/c1-5-33-26(30)22-11-13-28(14-12-22)25(29)23(17-21-9-7-6-8-10-21)27-34(31,32)24-19(3)15-18(2)16-20(24)4/h6-10,15-16,22-23,27H,5,11-14,17H2,1-4H3/t23-/m0/s1. The number of carbonyl (C=O) groups is 2. The summed E-state index contributed by atoms with van der Waals surface area (Å²) >= 11 is 0. The first-order chi connectivity index (χ1) is 16.1. The zero-order valence-corrected chi connectivity index (χ0v) is 21.2. The fraction of sp³-hybridized carbons (Fsp3) is 0.462. The molecule has 0 aliphatic carbocycles. The SMILES string of the molecule is CCOC(=O)C1CCN(C(=O)[C@H](Cc2ccccc2)NS(=O)(=O)c2c(C)cc(C)cc2C)CC1. The van der Waals surface area contributed by atoms with E-state index in [1.54, 1.807) is 25.7 Å². The molecule has 2 aromatic rings. The van der Waals surface area contributed by atoms with Crippen molar-refractivity contribution in [3.63, 3.8) is 0 Å². The molecule has 0 unspecified atom stereocenters. The molecule has 0 radical (unpaired) electrons. The fourth-order valence-corrected chi connectivity index (χ4v) is 6.32. The Morgan fingerprint density at radius 2 is 1.65 bits per heavy atom. The van der Waals surface area contributed by atoms with Gasteiger partial charge in [0.1, 0.15) is 6.04 Å². The second-order valence-corrected chi connectivity index (χ2v) is 10.6. The number of rotatable bonds is 8. The first kappa shape index (κ1) is 25.9. The first-order valence-electron chi connectivity index (χ1n) is 11.7. The molecule has 3 rings (SSSR count). The molecule has 1 aliphatic rings. The van der Waals surface area contributed by atoms with Gasteiger partial charge in [-0.1, -0.05) is 48.0 Å². The van der Waals surface area contributed by atoms with Crippen molar-refractivity contribution >= 4 is 21.9 Å². The van der Waals surface area contributed by atoms with E-state index in [1.807, 2.05) is 49.4 Å². The van der Waals surface area contributed by atoms with Crippen LogP contribution in [-0.4, -0.2) is 50.9 Å². The molecule has 0 bridgehead atoms. The van der Waals surface area contributed by atoms with E-state index >= 15 is 0 Å². The van der Waals surface area contributed by atoms with Gasteiger partial charge in [-0.15, -0.1) is 0 Å². The van der Waals surface area contributed by atoms with E-state index in [4.69, 9.17) is 4.74 Å². The molecule has 1 heterocycles. The molecule has 184 valence electrons. The van der Waals surface area contributed by atoms with Crippen molar-refractivity contribution in [2.24, 2.45) is 5.92 Å². The van der Waals surface area contributed by atoms with Crippen LogP contribution in [0.3, 0.4) is 0 Å². The summed E-state index contributed by atoms with van der Waals surface area (Å²) < 4.78 is 34.7. The number of carbonyl (C=O) groups excluding carboxylic acids is 2. The van der Waals surface area contributed by atoms with Crippen LogP contribution in [0.2, 0.25) is 0 Å². The van der Waals surface area contributed by atoms with E-state index in [2.05, 4.69) is 4.72 Å². The van der Waals surface area contributed by atoms with Crippen molar-refractivity contribution in [3.8, 4) is 0 Å². The highest BCUT2D eigenvalue weighted by atomic mass is 32.2. The van der Waals surface area contributed by atoms with Crippen LogP contribution < -0.4 is 4.72 Å². The third-order valence-corrected chi connectivity index (χ3v) is 7.95. The summed E-state index contributed by atoms with van der Waals surface area (Å²) in [5.74, 6) is -0.746. The second kappa shape index (κ2) is 11.1. The molecular formula is C26H34N2O5S. The Morgan fingerprint density at radius 3 is 2.21 bits per heavy atom. The zero-order chi connectivity index (χ0) is 24.9. The summed E-state index contributed by atoms with van der Waals surface area (Å²) in [7, 11) is -3.94. The van der Waals surface area contributed by atoms with Crippen molar-refractivity contribution in [2.45, 2.75) is 57.9 Å². The number of benzene rings is 2. The van der Waals surface area contributed by atoms with E-state index in [0.717, 1.165) is 11.1 Å². The number of nitrogens with zero attached hydrogens (tertiary/aromatic N) is 1. The van der Waals surface area contributed by atoms with Gasteiger partial charge in [-0.3, -0.25) is 9.59 Å². The molecule has 1 N–H and O–H groups in total. The molecule has 0 aromatic heterocycles. The molecule has 0 saturated carbocycles. The minimum atomic E-state index is -3.94. The molecule has 1 saturated heterocycles. The highest BCUT2D eigenvalue weighted by Gasteiger charge is 2.34. The van der Waals surface area contributed by atoms with Gasteiger partial charge >= 0.3 is 5.97 Å². The van der Waals surface area contributed by atoms with Crippen LogP contribution >= 0.6 is 0 Å². The molecule has 8 heteroatoms. The molecule has 34 heavy (non-hydrogen) atoms. The molecule has 1 fully saturated rings. The Balaban J connectivity index is 1.83. The van der Waals surface area contributed by atoms with Gasteiger partial charge in [0.15, 0.2) is 0 Å². The minimum Gasteiger partial charge on any atom is -0.466 e. The lowest BCUT2D eigenvalue weighted by Crippen LogP contribution is -2.52. The predicted octanol–water partition coefficient (Wildman–Crippen LogP) is 3.30. The third-order valence-electron chi connectivity index (χ3n) is 6.18. The highest BCUT2D eigenvalue weighted by Crippen LogP contribution is 2.24. The maximum absolute atomic E-state index is 13.5. The average Bonchev–Trinajstić information content (AvgIpc) is 2.78. The molecule has 0 spiro atoms. The monoisotopic (exact) mass is 486 g/mol. The van der Waals surface area contributed by atoms with Gasteiger partial charge in [-0.2, -0.15) is 4.72 Å². The molecular weight excluding hydrogens is 452 g/mol. The average molecular weight is 487 g/mol. The van der Waals surface area contributed by atoms with Crippen LogP contribution in [0.5, 0.6) is 0 Å². The van der Waals surface area contributed by atoms with Gasteiger partial charge < -0.3 is 9.64 Å². The number of nitrogens with one attached hydrogen (secondary N) is 1. The quantitative estimate of drug-likeness (QED) is 0.578. The zero-order valence-electron chi connectivity index (χ0n) is 20.3. The Bertz CT molecular complexity index is 1100. The van der Waals surface area contributed by atoms with Crippen LogP contribution in [0.1, 0.15) is 42.0 Å². The van der Waals surface area contributed by atoms with Crippen molar-refractivity contribution in [3.05, 3.63) is 64.7 Å². The summed E-state index contributed by atoms with van der Waals surface area (Å²) in [5, 5.41) is 0. The van der Waals surface area contributed by atoms with Crippen LogP contribution in [0.25, 0.3) is 0 Å². The molecule has 1 aliphatic heterocycles. The van der Waals surface area contributed by atoms with Crippen molar-refractivity contribution in [2.75, 3.05) is 19.7 Å². The number of aryl methyl sites for hydroxylation is 3. The summed E-state index contributed by atoms with van der Waals surface area (Å²) in [6, 6.07) is 12.1. The second-order valence-electron chi connectivity index (χ2n) is 8.94. The van der Waals surface area contributed by atoms with E-state index in [0.29, 0.717) is 43.7 Å². The van der Waals surface area contributed by atoms with Crippen molar-refractivity contribution in [1.82, 2.24) is 9.62 Å².